The molecule has 2 heterocycles. The van der Waals surface area contributed by atoms with Crippen molar-refractivity contribution < 1.29 is 0 Å². The Hall–Kier alpha value is -0.650. The molecular formula is C11H12BrN3S. The normalized spacial score (nSPS) is 13.6. The number of hydrogen-bond donors (Lipinski definition) is 1. The average molecular weight is 298 g/mol. The highest BCUT2D eigenvalue weighted by Crippen LogP contribution is 2.40. The molecule has 0 saturated carbocycles. The van der Waals surface area contributed by atoms with Crippen LogP contribution in [0, 0.1) is 0 Å². The number of aryl methyl sites for hydroxylation is 2. The number of halogens is 1. The molecule has 0 bridgehead atoms. The number of aromatic nitrogens is 2. The van der Waals surface area contributed by atoms with Crippen LogP contribution in [0.25, 0.3) is 11.3 Å². The highest BCUT2D eigenvalue weighted by molar-refractivity contribution is 9.11. The number of nitrogens with zero attached hydrogens (tertiary/aromatic N) is 2. The second-order valence-corrected chi connectivity index (χ2v) is 6.43. The lowest BCUT2D eigenvalue weighted by Crippen LogP contribution is -2.13. The Kier molecular flexibility index (Phi) is 2.61. The van der Waals surface area contributed by atoms with E-state index >= 15 is 0 Å². The third kappa shape index (κ3) is 1.54. The van der Waals surface area contributed by atoms with Gasteiger partial charge in [-0.3, -0.25) is 4.68 Å². The summed E-state index contributed by atoms with van der Waals surface area (Å²) in [5.74, 6) is 0. The van der Waals surface area contributed by atoms with E-state index in [0.717, 1.165) is 19.4 Å². The van der Waals surface area contributed by atoms with E-state index in [1.54, 1.807) is 0 Å². The van der Waals surface area contributed by atoms with Gasteiger partial charge >= 0.3 is 0 Å². The van der Waals surface area contributed by atoms with Crippen LogP contribution >= 0.6 is 27.3 Å². The van der Waals surface area contributed by atoms with Crippen LogP contribution < -0.4 is 5.73 Å². The number of nitrogens with two attached hydrogens (primary N) is 1. The lowest BCUT2D eigenvalue weighted by atomic mass is 9.97. The second kappa shape index (κ2) is 3.98. The molecule has 0 amide bonds. The maximum atomic E-state index is 5.61. The zero-order valence-electron chi connectivity index (χ0n) is 8.74. The van der Waals surface area contributed by atoms with E-state index in [1.165, 1.54) is 25.5 Å². The van der Waals surface area contributed by atoms with Crippen LogP contribution in [0.2, 0.25) is 0 Å². The number of fused-ring (bicyclic) bond motifs is 3. The van der Waals surface area contributed by atoms with E-state index in [-0.39, 0.29) is 0 Å². The molecule has 0 spiro atoms. The van der Waals surface area contributed by atoms with E-state index in [1.807, 2.05) is 22.2 Å². The van der Waals surface area contributed by atoms with Crippen molar-refractivity contribution in [3.05, 3.63) is 26.5 Å². The summed E-state index contributed by atoms with van der Waals surface area (Å²) in [6.45, 7) is 1.43. The molecule has 0 atom stereocenters. The molecular weight excluding hydrogens is 286 g/mol. The van der Waals surface area contributed by atoms with Crippen molar-refractivity contribution in [1.82, 2.24) is 9.78 Å². The summed E-state index contributed by atoms with van der Waals surface area (Å²) in [5.41, 5.74) is 9.57. The van der Waals surface area contributed by atoms with Crippen LogP contribution in [0.1, 0.15) is 10.4 Å². The van der Waals surface area contributed by atoms with Gasteiger partial charge in [0.15, 0.2) is 0 Å². The molecule has 2 aromatic rings. The summed E-state index contributed by atoms with van der Waals surface area (Å²) in [7, 11) is 0. The molecule has 3 rings (SSSR count). The predicted octanol–water partition coefficient (Wildman–Crippen LogP) is 2.43. The van der Waals surface area contributed by atoms with Gasteiger partial charge in [0.05, 0.1) is 22.2 Å². The topological polar surface area (TPSA) is 43.8 Å². The molecule has 1 aliphatic rings. The van der Waals surface area contributed by atoms with E-state index in [0.29, 0.717) is 6.54 Å². The molecule has 0 saturated heterocycles. The van der Waals surface area contributed by atoms with Crippen molar-refractivity contribution in [2.24, 2.45) is 5.73 Å². The molecule has 0 radical (unpaired) electrons. The number of thiophene rings is 1. The Morgan fingerprint density at radius 3 is 3.19 bits per heavy atom. The van der Waals surface area contributed by atoms with Crippen molar-refractivity contribution >= 4 is 27.3 Å². The van der Waals surface area contributed by atoms with Crippen molar-refractivity contribution in [2.45, 2.75) is 19.4 Å². The maximum absolute atomic E-state index is 5.61. The highest BCUT2D eigenvalue weighted by atomic mass is 79.9. The van der Waals surface area contributed by atoms with E-state index in [9.17, 15) is 0 Å². The SMILES string of the molecule is NCCn1ncc2c1-c1cc(Br)sc1CC2. The smallest absolute Gasteiger partial charge is 0.0726 e. The molecule has 5 heteroatoms. The lowest BCUT2D eigenvalue weighted by molar-refractivity contribution is 0.630. The van der Waals surface area contributed by atoms with E-state index in [2.05, 4.69) is 27.1 Å². The molecule has 2 N–H and O–H groups in total. The van der Waals surface area contributed by atoms with Crippen LogP contribution in [0.3, 0.4) is 0 Å². The molecule has 2 aromatic heterocycles. The van der Waals surface area contributed by atoms with Gasteiger partial charge < -0.3 is 5.73 Å². The molecule has 0 aromatic carbocycles. The molecule has 3 nitrogen and oxygen atoms in total. The zero-order chi connectivity index (χ0) is 11.1. The first-order valence-corrected chi connectivity index (χ1v) is 6.94. The van der Waals surface area contributed by atoms with Gasteiger partial charge in [-0.1, -0.05) is 0 Å². The Morgan fingerprint density at radius 1 is 1.50 bits per heavy atom. The van der Waals surface area contributed by atoms with Gasteiger partial charge in [0.1, 0.15) is 0 Å². The standard InChI is InChI=1S/C11H12BrN3S/c12-10-5-8-9(16-10)2-1-7-6-14-15(4-3-13)11(7)8/h5-6H,1-4,13H2. The zero-order valence-corrected chi connectivity index (χ0v) is 11.1. The summed E-state index contributed by atoms with van der Waals surface area (Å²) in [6.07, 6.45) is 4.21. The van der Waals surface area contributed by atoms with Crippen molar-refractivity contribution in [3.8, 4) is 11.3 Å². The fraction of sp³-hybridized carbons (Fsp3) is 0.364. The predicted molar refractivity (Wildman–Crippen MR) is 69.7 cm³/mol. The van der Waals surface area contributed by atoms with Gasteiger partial charge in [0, 0.05) is 17.0 Å². The fourth-order valence-corrected chi connectivity index (χ4v) is 3.94. The summed E-state index contributed by atoms with van der Waals surface area (Å²) in [4.78, 5) is 1.46. The molecule has 84 valence electrons. The largest absolute Gasteiger partial charge is 0.329 e. The Labute approximate surface area is 106 Å². The summed E-state index contributed by atoms with van der Waals surface area (Å²) in [6, 6.07) is 2.20. The maximum Gasteiger partial charge on any atom is 0.0726 e. The monoisotopic (exact) mass is 297 g/mol. The van der Waals surface area contributed by atoms with Gasteiger partial charge in [0.25, 0.3) is 0 Å². The van der Waals surface area contributed by atoms with E-state index < -0.39 is 0 Å². The lowest BCUT2D eigenvalue weighted by Gasteiger charge is -2.14. The number of rotatable bonds is 2. The first kappa shape index (κ1) is 10.5. The van der Waals surface area contributed by atoms with Crippen molar-refractivity contribution in [2.75, 3.05) is 6.54 Å². The van der Waals surface area contributed by atoms with E-state index in [4.69, 9.17) is 5.73 Å². The van der Waals surface area contributed by atoms with Crippen LogP contribution in [-0.2, 0) is 19.4 Å². The minimum atomic E-state index is 0.634. The molecule has 1 aliphatic carbocycles. The first-order chi connectivity index (χ1) is 7.79. The molecule has 0 aliphatic heterocycles. The highest BCUT2D eigenvalue weighted by Gasteiger charge is 2.22. The Balaban J connectivity index is 2.16. The Bertz CT molecular complexity index is 529. The van der Waals surface area contributed by atoms with Gasteiger partial charge in [-0.2, -0.15) is 5.10 Å². The Morgan fingerprint density at radius 2 is 2.38 bits per heavy atom. The van der Waals surface area contributed by atoms with Crippen LogP contribution in [0.15, 0.2) is 16.0 Å². The van der Waals surface area contributed by atoms with Gasteiger partial charge in [0.2, 0.25) is 0 Å². The summed E-state index contributed by atoms with van der Waals surface area (Å²) >= 11 is 5.39. The second-order valence-electron chi connectivity index (χ2n) is 3.92. The van der Waals surface area contributed by atoms with Crippen LogP contribution in [0.4, 0.5) is 0 Å². The molecule has 0 fully saturated rings. The minimum Gasteiger partial charge on any atom is -0.329 e. The van der Waals surface area contributed by atoms with Crippen molar-refractivity contribution in [1.29, 1.82) is 0 Å². The summed E-state index contributed by atoms with van der Waals surface area (Å²) < 4.78 is 3.23. The third-order valence-electron chi connectivity index (χ3n) is 2.91. The number of hydrogen-bond acceptors (Lipinski definition) is 3. The van der Waals surface area contributed by atoms with Crippen molar-refractivity contribution in [3.63, 3.8) is 0 Å². The third-order valence-corrected chi connectivity index (χ3v) is 4.61. The first-order valence-electron chi connectivity index (χ1n) is 5.33. The molecule has 0 unspecified atom stereocenters. The van der Waals surface area contributed by atoms with Gasteiger partial charge in [-0.05, 0) is 40.4 Å². The minimum absolute atomic E-state index is 0.634. The summed E-state index contributed by atoms with van der Waals surface area (Å²) in [5, 5.41) is 4.42. The molecule has 16 heavy (non-hydrogen) atoms. The average Bonchev–Trinajstić information content (AvgIpc) is 2.81. The van der Waals surface area contributed by atoms with Gasteiger partial charge in [-0.15, -0.1) is 11.3 Å². The van der Waals surface area contributed by atoms with Crippen LogP contribution in [0.5, 0.6) is 0 Å². The fourth-order valence-electron chi connectivity index (χ4n) is 2.24. The van der Waals surface area contributed by atoms with Gasteiger partial charge in [-0.25, -0.2) is 0 Å². The quantitative estimate of drug-likeness (QED) is 0.925. The van der Waals surface area contributed by atoms with Crippen LogP contribution in [-0.4, -0.2) is 16.3 Å².